The summed E-state index contributed by atoms with van der Waals surface area (Å²) >= 11 is 1.57. The van der Waals surface area contributed by atoms with Crippen molar-refractivity contribution in [2.75, 3.05) is 5.75 Å². The van der Waals surface area contributed by atoms with Crippen LogP contribution in [0.5, 0.6) is 0 Å². The first-order valence-electron chi connectivity index (χ1n) is 4.79. The fraction of sp³-hybridized carbons (Fsp3) is 0.900. The minimum atomic E-state index is -0.677. The molecular formula is C10H20O2S. The maximum Gasteiger partial charge on any atom is 0.316 e. The highest BCUT2D eigenvalue weighted by Crippen LogP contribution is 2.21. The van der Waals surface area contributed by atoms with Crippen molar-refractivity contribution in [2.45, 2.75) is 39.4 Å². The second kappa shape index (κ2) is 6.30. The van der Waals surface area contributed by atoms with E-state index < -0.39 is 5.97 Å². The lowest BCUT2D eigenvalue weighted by atomic mass is 10.1. The summed E-state index contributed by atoms with van der Waals surface area (Å²) < 4.78 is 0. The van der Waals surface area contributed by atoms with Crippen molar-refractivity contribution in [1.29, 1.82) is 0 Å². The molecule has 0 rings (SSSR count). The number of carboxylic acids is 1. The highest BCUT2D eigenvalue weighted by Gasteiger charge is 2.21. The van der Waals surface area contributed by atoms with Crippen LogP contribution in [0.2, 0.25) is 0 Å². The Bertz CT molecular complexity index is 155. The van der Waals surface area contributed by atoms with E-state index in [1.54, 1.807) is 11.8 Å². The summed E-state index contributed by atoms with van der Waals surface area (Å²) in [6.07, 6.45) is 1.10. The third-order valence-electron chi connectivity index (χ3n) is 1.84. The minimum Gasteiger partial charge on any atom is -0.480 e. The molecule has 1 unspecified atom stereocenters. The summed E-state index contributed by atoms with van der Waals surface area (Å²) in [6.45, 7) is 8.24. The van der Waals surface area contributed by atoms with Crippen LogP contribution in [-0.2, 0) is 4.79 Å². The predicted molar refractivity (Wildman–Crippen MR) is 58.2 cm³/mol. The topological polar surface area (TPSA) is 37.3 Å². The zero-order chi connectivity index (χ0) is 10.4. The van der Waals surface area contributed by atoms with E-state index in [1.807, 2.05) is 13.8 Å². The van der Waals surface area contributed by atoms with Gasteiger partial charge in [0, 0.05) is 0 Å². The molecule has 2 nitrogen and oxygen atoms in total. The number of carboxylic acid groups (broad SMARTS) is 1. The molecule has 0 aromatic heterocycles. The number of hydrogen-bond acceptors (Lipinski definition) is 2. The normalized spacial score (nSPS) is 13.7. The van der Waals surface area contributed by atoms with Gasteiger partial charge in [-0.15, -0.1) is 11.8 Å². The number of aliphatic carboxylic acids is 1. The van der Waals surface area contributed by atoms with E-state index in [-0.39, 0.29) is 11.2 Å². The number of hydrogen-bond donors (Lipinski definition) is 1. The van der Waals surface area contributed by atoms with Crippen LogP contribution in [0.25, 0.3) is 0 Å². The Morgan fingerprint density at radius 1 is 1.31 bits per heavy atom. The van der Waals surface area contributed by atoms with E-state index in [0.29, 0.717) is 5.92 Å². The number of rotatable bonds is 6. The van der Waals surface area contributed by atoms with Gasteiger partial charge in [0.1, 0.15) is 5.25 Å². The van der Waals surface area contributed by atoms with E-state index in [0.717, 1.165) is 12.2 Å². The largest absolute Gasteiger partial charge is 0.480 e. The molecule has 0 aliphatic heterocycles. The van der Waals surface area contributed by atoms with Gasteiger partial charge in [-0.3, -0.25) is 4.79 Å². The van der Waals surface area contributed by atoms with Gasteiger partial charge in [0.2, 0.25) is 0 Å². The summed E-state index contributed by atoms with van der Waals surface area (Å²) in [4.78, 5) is 10.8. The lowest BCUT2D eigenvalue weighted by Crippen LogP contribution is -2.23. The second-order valence-electron chi connectivity index (χ2n) is 4.06. The monoisotopic (exact) mass is 204 g/mol. The highest BCUT2D eigenvalue weighted by atomic mass is 32.2. The smallest absolute Gasteiger partial charge is 0.316 e. The molecule has 0 bridgehead atoms. The van der Waals surface area contributed by atoms with E-state index >= 15 is 0 Å². The molecule has 13 heavy (non-hydrogen) atoms. The van der Waals surface area contributed by atoms with E-state index in [4.69, 9.17) is 5.11 Å². The quantitative estimate of drug-likeness (QED) is 0.723. The van der Waals surface area contributed by atoms with Crippen LogP contribution in [0.3, 0.4) is 0 Å². The lowest BCUT2D eigenvalue weighted by molar-refractivity contribution is -0.137. The Hall–Kier alpha value is -0.180. The fourth-order valence-corrected chi connectivity index (χ4v) is 2.37. The molecule has 0 radical (unpaired) electrons. The molecule has 3 heteroatoms. The summed E-state index contributed by atoms with van der Waals surface area (Å²) in [5, 5.41) is 8.65. The molecule has 0 spiro atoms. The molecule has 0 amide bonds. The molecule has 0 saturated heterocycles. The molecule has 0 aromatic rings. The molecule has 1 N–H and O–H groups in total. The van der Waals surface area contributed by atoms with Gasteiger partial charge in [0.15, 0.2) is 0 Å². The van der Waals surface area contributed by atoms with Crippen molar-refractivity contribution >= 4 is 17.7 Å². The van der Waals surface area contributed by atoms with Gasteiger partial charge in [-0.05, 0) is 24.0 Å². The van der Waals surface area contributed by atoms with Gasteiger partial charge in [0.05, 0.1) is 0 Å². The first kappa shape index (κ1) is 12.8. The van der Waals surface area contributed by atoms with Crippen molar-refractivity contribution in [3.63, 3.8) is 0 Å². The Kier molecular flexibility index (Phi) is 6.21. The van der Waals surface area contributed by atoms with Crippen LogP contribution in [0.4, 0.5) is 0 Å². The molecular weight excluding hydrogens is 184 g/mol. The van der Waals surface area contributed by atoms with Crippen molar-refractivity contribution in [2.24, 2.45) is 11.8 Å². The van der Waals surface area contributed by atoms with Gasteiger partial charge in [-0.25, -0.2) is 0 Å². The van der Waals surface area contributed by atoms with Crippen LogP contribution in [-0.4, -0.2) is 22.1 Å². The predicted octanol–water partition coefficient (Wildman–Crippen LogP) is 2.87. The van der Waals surface area contributed by atoms with E-state index in [1.165, 1.54) is 0 Å². The maximum atomic E-state index is 10.8. The van der Waals surface area contributed by atoms with Crippen LogP contribution in [0.15, 0.2) is 0 Å². The Balaban J connectivity index is 3.77. The first-order chi connectivity index (χ1) is 5.95. The average molecular weight is 204 g/mol. The van der Waals surface area contributed by atoms with Gasteiger partial charge in [-0.2, -0.15) is 0 Å². The second-order valence-corrected chi connectivity index (χ2v) is 5.31. The van der Waals surface area contributed by atoms with Crippen molar-refractivity contribution in [3.8, 4) is 0 Å². The third kappa shape index (κ3) is 5.97. The number of carbonyl (C=O) groups is 1. The van der Waals surface area contributed by atoms with Crippen LogP contribution in [0.1, 0.15) is 34.1 Å². The molecule has 1 atom stereocenters. The zero-order valence-corrected chi connectivity index (χ0v) is 9.73. The van der Waals surface area contributed by atoms with Crippen molar-refractivity contribution in [1.82, 2.24) is 0 Å². The van der Waals surface area contributed by atoms with Gasteiger partial charge in [-0.1, -0.05) is 27.7 Å². The SMILES string of the molecule is CC(C)CCSC(C(=O)O)C(C)C. The third-order valence-corrected chi connectivity index (χ3v) is 3.42. The highest BCUT2D eigenvalue weighted by molar-refractivity contribution is 8.00. The number of thioether (sulfide) groups is 1. The zero-order valence-electron chi connectivity index (χ0n) is 8.91. The Morgan fingerprint density at radius 2 is 1.85 bits per heavy atom. The van der Waals surface area contributed by atoms with Crippen molar-refractivity contribution < 1.29 is 9.90 Å². The molecule has 0 fully saturated rings. The molecule has 0 saturated carbocycles. The van der Waals surface area contributed by atoms with Crippen LogP contribution in [0, 0.1) is 11.8 Å². The summed E-state index contributed by atoms with van der Waals surface area (Å²) in [5.74, 6) is 1.15. The lowest BCUT2D eigenvalue weighted by Gasteiger charge is -2.15. The summed E-state index contributed by atoms with van der Waals surface area (Å²) in [5.41, 5.74) is 0. The Morgan fingerprint density at radius 3 is 2.15 bits per heavy atom. The minimum absolute atomic E-state index is 0.217. The molecule has 0 aromatic carbocycles. The first-order valence-corrected chi connectivity index (χ1v) is 5.84. The maximum absolute atomic E-state index is 10.8. The molecule has 78 valence electrons. The van der Waals surface area contributed by atoms with Crippen LogP contribution < -0.4 is 0 Å². The molecule has 0 aliphatic carbocycles. The molecule has 0 aliphatic rings. The summed E-state index contributed by atoms with van der Waals surface area (Å²) in [7, 11) is 0. The van der Waals surface area contributed by atoms with Gasteiger partial charge in [0.25, 0.3) is 0 Å². The average Bonchev–Trinajstić information content (AvgIpc) is 1.95. The van der Waals surface area contributed by atoms with E-state index in [9.17, 15) is 4.79 Å². The van der Waals surface area contributed by atoms with Gasteiger partial charge >= 0.3 is 5.97 Å². The standard InChI is InChI=1S/C10H20O2S/c1-7(2)5-6-13-9(8(3)4)10(11)12/h7-9H,5-6H2,1-4H3,(H,11,12). The fourth-order valence-electron chi connectivity index (χ4n) is 0.980. The van der Waals surface area contributed by atoms with Crippen LogP contribution >= 0.6 is 11.8 Å². The summed E-state index contributed by atoms with van der Waals surface area (Å²) in [6, 6.07) is 0. The van der Waals surface area contributed by atoms with E-state index in [2.05, 4.69) is 13.8 Å². The Labute approximate surface area is 85.1 Å². The molecule has 0 heterocycles. The van der Waals surface area contributed by atoms with Gasteiger partial charge < -0.3 is 5.11 Å². The van der Waals surface area contributed by atoms with Crippen molar-refractivity contribution in [3.05, 3.63) is 0 Å².